The van der Waals surface area contributed by atoms with Gasteiger partial charge in [0.2, 0.25) is 0 Å². The summed E-state index contributed by atoms with van der Waals surface area (Å²) in [4.78, 5) is 0. The zero-order chi connectivity index (χ0) is 9.52. The Morgan fingerprint density at radius 1 is 0.923 bits per heavy atom. The van der Waals surface area contributed by atoms with E-state index < -0.39 is 7.12 Å². The highest BCUT2D eigenvalue weighted by atomic mass is 16.4. The van der Waals surface area contributed by atoms with Gasteiger partial charge in [-0.1, -0.05) is 38.2 Å². The van der Waals surface area contributed by atoms with Crippen LogP contribution in [-0.4, -0.2) is 17.2 Å². The van der Waals surface area contributed by atoms with Crippen molar-refractivity contribution >= 4 is 7.12 Å². The molecule has 74 valence electrons. The fourth-order valence-electron chi connectivity index (χ4n) is 1.80. The Morgan fingerprint density at radius 3 is 2.23 bits per heavy atom. The van der Waals surface area contributed by atoms with Crippen LogP contribution < -0.4 is 0 Å². The zero-order valence-electron chi connectivity index (χ0n) is 8.21. The van der Waals surface area contributed by atoms with Crippen molar-refractivity contribution in [2.45, 2.75) is 51.4 Å². The molecule has 0 aliphatic heterocycles. The van der Waals surface area contributed by atoms with E-state index in [0.717, 1.165) is 24.7 Å². The molecule has 0 radical (unpaired) electrons. The highest BCUT2D eigenvalue weighted by molar-refractivity contribution is 6.50. The second-order valence-corrected chi connectivity index (χ2v) is 3.81. The molecule has 1 rings (SSSR count). The minimum atomic E-state index is -1.22. The Balaban J connectivity index is 2.42. The molecule has 2 nitrogen and oxygen atoms in total. The highest BCUT2D eigenvalue weighted by Gasteiger charge is 2.13. The van der Waals surface area contributed by atoms with Crippen LogP contribution in [0.15, 0.2) is 11.5 Å². The molecule has 0 aromatic rings. The standard InChI is InChI=1S/C10H19BO2/c12-11(13)10-8-6-4-2-1-3-5-7-9-10/h8,12-13H,1-7,9H2/b10-8+. The monoisotopic (exact) mass is 182 g/mol. The molecular formula is C10H19BO2. The Bertz CT molecular complexity index is 166. The number of hydrogen-bond acceptors (Lipinski definition) is 2. The van der Waals surface area contributed by atoms with Gasteiger partial charge in [-0.3, -0.25) is 0 Å². The quantitative estimate of drug-likeness (QED) is 0.609. The van der Waals surface area contributed by atoms with Crippen LogP contribution in [0, 0.1) is 0 Å². The Morgan fingerprint density at radius 2 is 1.54 bits per heavy atom. The lowest BCUT2D eigenvalue weighted by molar-refractivity contribution is 0.414. The minimum absolute atomic E-state index is 0.821. The molecule has 1 aliphatic rings. The summed E-state index contributed by atoms with van der Waals surface area (Å²) < 4.78 is 0. The summed E-state index contributed by atoms with van der Waals surface area (Å²) in [5.74, 6) is 0. The molecule has 0 aromatic heterocycles. The third kappa shape index (κ3) is 4.48. The number of allylic oxidation sites excluding steroid dienone is 2. The van der Waals surface area contributed by atoms with Gasteiger partial charge in [0.05, 0.1) is 0 Å². The van der Waals surface area contributed by atoms with Crippen LogP contribution in [0.2, 0.25) is 0 Å². The average molecular weight is 182 g/mol. The fraction of sp³-hybridized carbons (Fsp3) is 0.800. The Labute approximate surface area is 80.8 Å². The summed E-state index contributed by atoms with van der Waals surface area (Å²) in [6.45, 7) is 0. The van der Waals surface area contributed by atoms with Crippen molar-refractivity contribution in [1.29, 1.82) is 0 Å². The summed E-state index contributed by atoms with van der Waals surface area (Å²) in [6, 6.07) is 0. The van der Waals surface area contributed by atoms with Gasteiger partial charge in [0, 0.05) is 0 Å². The van der Waals surface area contributed by atoms with E-state index in [1.54, 1.807) is 0 Å². The van der Waals surface area contributed by atoms with Crippen molar-refractivity contribution in [3.63, 3.8) is 0 Å². The molecule has 0 amide bonds. The molecule has 0 atom stereocenters. The molecule has 3 heteroatoms. The van der Waals surface area contributed by atoms with Crippen molar-refractivity contribution in [3.05, 3.63) is 11.5 Å². The van der Waals surface area contributed by atoms with Crippen molar-refractivity contribution in [2.75, 3.05) is 0 Å². The zero-order valence-corrected chi connectivity index (χ0v) is 8.21. The van der Waals surface area contributed by atoms with Gasteiger partial charge < -0.3 is 10.0 Å². The topological polar surface area (TPSA) is 40.5 Å². The van der Waals surface area contributed by atoms with E-state index in [1.165, 1.54) is 32.1 Å². The third-order valence-corrected chi connectivity index (χ3v) is 2.66. The predicted molar refractivity (Wildman–Crippen MR) is 55.2 cm³/mol. The highest BCUT2D eigenvalue weighted by Crippen LogP contribution is 2.17. The second kappa shape index (κ2) is 6.22. The van der Waals surface area contributed by atoms with E-state index in [-0.39, 0.29) is 0 Å². The van der Waals surface area contributed by atoms with Gasteiger partial charge in [-0.05, 0) is 24.7 Å². The van der Waals surface area contributed by atoms with Crippen LogP contribution in [0.5, 0.6) is 0 Å². The first-order valence-corrected chi connectivity index (χ1v) is 5.36. The molecule has 0 unspecified atom stereocenters. The molecular weight excluding hydrogens is 163 g/mol. The van der Waals surface area contributed by atoms with Crippen LogP contribution in [0.25, 0.3) is 0 Å². The van der Waals surface area contributed by atoms with Gasteiger partial charge in [0.15, 0.2) is 0 Å². The van der Waals surface area contributed by atoms with Gasteiger partial charge in [-0.25, -0.2) is 0 Å². The molecule has 0 heterocycles. The Kier molecular flexibility index (Phi) is 5.17. The Hall–Kier alpha value is -0.275. The van der Waals surface area contributed by atoms with Gasteiger partial charge in [0.25, 0.3) is 0 Å². The van der Waals surface area contributed by atoms with Crippen LogP contribution >= 0.6 is 0 Å². The van der Waals surface area contributed by atoms with Gasteiger partial charge in [0.1, 0.15) is 0 Å². The molecule has 2 N–H and O–H groups in total. The van der Waals surface area contributed by atoms with E-state index in [2.05, 4.69) is 0 Å². The predicted octanol–water partition coefficient (Wildman–Crippen LogP) is 2.06. The molecule has 13 heavy (non-hydrogen) atoms. The van der Waals surface area contributed by atoms with E-state index in [1.807, 2.05) is 6.08 Å². The van der Waals surface area contributed by atoms with Gasteiger partial charge in [-0.2, -0.15) is 0 Å². The fourth-order valence-corrected chi connectivity index (χ4v) is 1.80. The average Bonchev–Trinajstić information content (AvgIpc) is 2.14. The lowest BCUT2D eigenvalue weighted by Crippen LogP contribution is -2.15. The molecule has 1 aliphatic carbocycles. The minimum Gasteiger partial charge on any atom is -0.423 e. The molecule has 0 spiro atoms. The first-order valence-electron chi connectivity index (χ1n) is 5.36. The number of hydrogen-bond donors (Lipinski definition) is 2. The van der Waals surface area contributed by atoms with Crippen molar-refractivity contribution < 1.29 is 10.0 Å². The lowest BCUT2D eigenvalue weighted by Gasteiger charge is -2.09. The van der Waals surface area contributed by atoms with Gasteiger partial charge in [-0.15, -0.1) is 0 Å². The van der Waals surface area contributed by atoms with Gasteiger partial charge >= 0.3 is 7.12 Å². The maximum atomic E-state index is 9.04. The molecule has 0 bridgehead atoms. The maximum absolute atomic E-state index is 9.04. The largest absolute Gasteiger partial charge is 0.483 e. The first-order chi connectivity index (χ1) is 6.30. The van der Waals surface area contributed by atoms with E-state index in [9.17, 15) is 0 Å². The van der Waals surface area contributed by atoms with Crippen LogP contribution in [0.4, 0.5) is 0 Å². The van der Waals surface area contributed by atoms with Crippen molar-refractivity contribution in [2.24, 2.45) is 0 Å². The summed E-state index contributed by atoms with van der Waals surface area (Å²) in [6.07, 6.45) is 11.3. The SMILES string of the molecule is OB(O)/C1=C/CCCCCCCC1. The van der Waals surface area contributed by atoms with Crippen LogP contribution in [0.1, 0.15) is 51.4 Å². The summed E-state index contributed by atoms with van der Waals surface area (Å²) in [5, 5.41) is 18.1. The van der Waals surface area contributed by atoms with Crippen molar-refractivity contribution in [1.82, 2.24) is 0 Å². The molecule has 0 fully saturated rings. The molecule has 0 saturated carbocycles. The third-order valence-electron chi connectivity index (χ3n) is 2.66. The first kappa shape index (κ1) is 10.8. The van der Waals surface area contributed by atoms with Crippen LogP contribution in [0.3, 0.4) is 0 Å². The smallest absolute Gasteiger partial charge is 0.423 e. The molecule has 0 saturated heterocycles. The van der Waals surface area contributed by atoms with E-state index in [0.29, 0.717) is 0 Å². The summed E-state index contributed by atoms with van der Waals surface area (Å²) in [7, 11) is -1.22. The van der Waals surface area contributed by atoms with Crippen molar-refractivity contribution in [3.8, 4) is 0 Å². The number of rotatable bonds is 1. The van der Waals surface area contributed by atoms with E-state index >= 15 is 0 Å². The van der Waals surface area contributed by atoms with Crippen LogP contribution in [-0.2, 0) is 0 Å². The second-order valence-electron chi connectivity index (χ2n) is 3.81. The van der Waals surface area contributed by atoms with E-state index in [4.69, 9.17) is 10.0 Å². The maximum Gasteiger partial charge on any atom is 0.483 e. The summed E-state index contributed by atoms with van der Waals surface area (Å²) >= 11 is 0. The summed E-state index contributed by atoms with van der Waals surface area (Å²) in [5.41, 5.74) is 0.821. The molecule has 0 aromatic carbocycles. The lowest BCUT2D eigenvalue weighted by atomic mass is 9.75. The normalized spacial score (nSPS) is 24.6.